The summed E-state index contributed by atoms with van der Waals surface area (Å²) in [5.74, 6) is 0.289. The second-order valence-electron chi connectivity index (χ2n) is 3.22. The maximum Gasteiger partial charge on any atom is 0.115 e. The zero-order chi connectivity index (χ0) is 10.7. The van der Waals surface area contributed by atoms with Crippen molar-refractivity contribution in [2.75, 3.05) is 0 Å². The van der Waals surface area contributed by atoms with Crippen LogP contribution in [0.1, 0.15) is 5.56 Å². The van der Waals surface area contributed by atoms with Gasteiger partial charge >= 0.3 is 0 Å². The van der Waals surface area contributed by atoms with Gasteiger partial charge in [-0.2, -0.15) is 0 Å². The summed E-state index contributed by atoms with van der Waals surface area (Å²) in [7, 11) is 0. The van der Waals surface area contributed by atoms with Gasteiger partial charge in [-0.1, -0.05) is 17.8 Å². The second kappa shape index (κ2) is 4.36. The summed E-state index contributed by atoms with van der Waals surface area (Å²) < 4.78 is 0. The predicted octanol–water partition coefficient (Wildman–Crippen LogP) is 3.25. The van der Waals surface area contributed by atoms with E-state index < -0.39 is 0 Å². The van der Waals surface area contributed by atoms with Crippen LogP contribution < -0.4 is 0 Å². The fraction of sp³-hybridized carbons (Fsp3) is 0.0833. The first-order valence-electron chi connectivity index (χ1n) is 4.64. The van der Waals surface area contributed by atoms with Gasteiger partial charge in [-0.25, -0.2) is 4.98 Å². The third-order valence-electron chi connectivity index (χ3n) is 2.01. The molecule has 0 radical (unpaired) electrons. The Morgan fingerprint density at radius 1 is 1.13 bits per heavy atom. The van der Waals surface area contributed by atoms with E-state index in [9.17, 15) is 0 Å². The average molecular weight is 217 g/mol. The number of aryl methyl sites for hydroxylation is 1. The van der Waals surface area contributed by atoms with E-state index in [4.69, 9.17) is 5.11 Å². The van der Waals surface area contributed by atoms with Crippen LogP contribution in [0.3, 0.4) is 0 Å². The molecule has 0 aliphatic heterocycles. The molecule has 0 saturated carbocycles. The highest BCUT2D eigenvalue weighted by molar-refractivity contribution is 7.99. The first-order valence-corrected chi connectivity index (χ1v) is 5.46. The molecule has 0 saturated heterocycles. The smallest absolute Gasteiger partial charge is 0.115 e. The number of benzene rings is 1. The van der Waals surface area contributed by atoms with Crippen LogP contribution in [0.5, 0.6) is 5.75 Å². The summed E-state index contributed by atoms with van der Waals surface area (Å²) in [5.41, 5.74) is 1.16. The third-order valence-corrected chi connectivity index (χ3v) is 3.14. The Balaban J connectivity index is 2.22. The molecule has 0 aliphatic carbocycles. The molecule has 0 unspecified atom stereocenters. The van der Waals surface area contributed by atoms with Gasteiger partial charge in [0.25, 0.3) is 0 Å². The van der Waals surface area contributed by atoms with Crippen LogP contribution in [-0.4, -0.2) is 10.1 Å². The van der Waals surface area contributed by atoms with Gasteiger partial charge in [0, 0.05) is 11.1 Å². The van der Waals surface area contributed by atoms with Crippen molar-refractivity contribution in [3.63, 3.8) is 0 Å². The van der Waals surface area contributed by atoms with Crippen molar-refractivity contribution in [1.29, 1.82) is 0 Å². The van der Waals surface area contributed by atoms with E-state index in [-0.39, 0.29) is 5.75 Å². The number of hydrogen-bond acceptors (Lipinski definition) is 3. The monoisotopic (exact) mass is 217 g/mol. The van der Waals surface area contributed by atoms with E-state index in [0.717, 1.165) is 15.5 Å². The topological polar surface area (TPSA) is 33.1 Å². The van der Waals surface area contributed by atoms with Gasteiger partial charge in [0.1, 0.15) is 10.8 Å². The van der Waals surface area contributed by atoms with E-state index in [1.807, 2.05) is 31.2 Å². The fourth-order valence-electron chi connectivity index (χ4n) is 1.20. The maximum absolute atomic E-state index is 9.15. The number of pyridine rings is 1. The van der Waals surface area contributed by atoms with Gasteiger partial charge in [0.15, 0.2) is 0 Å². The molecule has 0 bridgehead atoms. The number of aromatic hydroxyl groups is 1. The highest BCUT2D eigenvalue weighted by Gasteiger charge is 2.01. The molecule has 2 rings (SSSR count). The van der Waals surface area contributed by atoms with Crippen molar-refractivity contribution in [2.45, 2.75) is 16.8 Å². The molecule has 2 aromatic rings. The number of phenols is 1. The third kappa shape index (κ3) is 2.50. The van der Waals surface area contributed by atoms with Crippen LogP contribution in [0.15, 0.2) is 52.5 Å². The first kappa shape index (κ1) is 10.1. The Hall–Kier alpha value is -1.48. The molecule has 0 atom stereocenters. The van der Waals surface area contributed by atoms with E-state index in [2.05, 4.69) is 4.98 Å². The Morgan fingerprint density at radius 3 is 2.53 bits per heavy atom. The van der Waals surface area contributed by atoms with Gasteiger partial charge in [0.2, 0.25) is 0 Å². The molecular weight excluding hydrogens is 206 g/mol. The van der Waals surface area contributed by atoms with Crippen LogP contribution in [0.2, 0.25) is 0 Å². The van der Waals surface area contributed by atoms with Gasteiger partial charge in [-0.3, -0.25) is 0 Å². The SMILES string of the molecule is Cc1cccnc1Sc1ccc(O)cc1. The summed E-state index contributed by atoms with van der Waals surface area (Å²) in [6, 6.07) is 11.1. The Kier molecular flexibility index (Phi) is 2.92. The van der Waals surface area contributed by atoms with E-state index in [1.165, 1.54) is 0 Å². The highest BCUT2D eigenvalue weighted by Crippen LogP contribution is 2.28. The van der Waals surface area contributed by atoms with Crippen molar-refractivity contribution >= 4 is 11.8 Å². The zero-order valence-electron chi connectivity index (χ0n) is 8.34. The summed E-state index contributed by atoms with van der Waals surface area (Å²) in [5, 5.41) is 10.2. The molecule has 0 spiro atoms. The second-order valence-corrected chi connectivity index (χ2v) is 4.28. The molecular formula is C12H11NOS. The van der Waals surface area contributed by atoms with E-state index in [1.54, 1.807) is 30.1 Å². The van der Waals surface area contributed by atoms with Crippen molar-refractivity contribution in [3.05, 3.63) is 48.2 Å². The van der Waals surface area contributed by atoms with Crippen molar-refractivity contribution < 1.29 is 5.11 Å². The lowest BCUT2D eigenvalue weighted by Crippen LogP contribution is -1.83. The average Bonchev–Trinajstić information content (AvgIpc) is 2.25. The normalized spacial score (nSPS) is 10.2. The first-order chi connectivity index (χ1) is 7.25. The Bertz CT molecular complexity index is 453. The molecule has 15 heavy (non-hydrogen) atoms. The highest BCUT2D eigenvalue weighted by atomic mass is 32.2. The number of phenolic OH excluding ortho intramolecular Hbond substituents is 1. The molecule has 76 valence electrons. The Labute approximate surface area is 93.0 Å². The zero-order valence-corrected chi connectivity index (χ0v) is 9.16. The fourth-order valence-corrected chi connectivity index (χ4v) is 2.04. The largest absolute Gasteiger partial charge is 0.508 e. The summed E-state index contributed by atoms with van der Waals surface area (Å²) in [6.45, 7) is 2.04. The van der Waals surface area contributed by atoms with Crippen LogP contribution >= 0.6 is 11.8 Å². The van der Waals surface area contributed by atoms with Crippen LogP contribution in [0.4, 0.5) is 0 Å². The minimum absolute atomic E-state index is 0.289. The molecule has 0 aliphatic rings. The van der Waals surface area contributed by atoms with Crippen LogP contribution in [-0.2, 0) is 0 Å². The van der Waals surface area contributed by atoms with Gasteiger partial charge in [0.05, 0.1) is 0 Å². The van der Waals surface area contributed by atoms with Gasteiger partial charge in [-0.15, -0.1) is 0 Å². The van der Waals surface area contributed by atoms with Crippen LogP contribution in [0.25, 0.3) is 0 Å². The lowest BCUT2D eigenvalue weighted by Gasteiger charge is -2.03. The molecule has 1 aromatic heterocycles. The minimum Gasteiger partial charge on any atom is -0.508 e. The number of hydrogen-bond donors (Lipinski definition) is 1. The van der Waals surface area contributed by atoms with Crippen LogP contribution in [0, 0.1) is 6.92 Å². The van der Waals surface area contributed by atoms with Crippen molar-refractivity contribution in [2.24, 2.45) is 0 Å². The quantitative estimate of drug-likeness (QED) is 0.838. The number of rotatable bonds is 2. The molecule has 3 heteroatoms. The lowest BCUT2D eigenvalue weighted by molar-refractivity contribution is 0.475. The minimum atomic E-state index is 0.289. The predicted molar refractivity (Wildman–Crippen MR) is 61.2 cm³/mol. The lowest BCUT2D eigenvalue weighted by atomic mass is 10.3. The molecule has 1 aromatic carbocycles. The van der Waals surface area contributed by atoms with Crippen molar-refractivity contribution in [3.8, 4) is 5.75 Å². The van der Waals surface area contributed by atoms with Crippen molar-refractivity contribution in [1.82, 2.24) is 4.98 Å². The summed E-state index contributed by atoms with van der Waals surface area (Å²) in [4.78, 5) is 5.37. The summed E-state index contributed by atoms with van der Waals surface area (Å²) in [6.07, 6.45) is 1.79. The molecule has 0 fully saturated rings. The molecule has 1 heterocycles. The standard InChI is InChI=1S/C12H11NOS/c1-9-3-2-8-13-12(9)15-11-6-4-10(14)5-7-11/h2-8,14H,1H3. The summed E-state index contributed by atoms with van der Waals surface area (Å²) >= 11 is 1.60. The number of aromatic nitrogens is 1. The van der Waals surface area contributed by atoms with Gasteiger partial charge in [-0.05, 0) is 42.8 Å². The van der Waals surface area contributed by atoms with E-state index in [0.29, 0.717) is 0 Å². The van der Waals surface area contributed by atoms with E-state index >= 15 is 0 Å². The number of nitrogens with zero attached hydrogens (tertiary/aromatic N) is 1. The molecule has 0 amide bonds. The maximum atomic E-state index is 9.15. The molecule has 2 nitrogen and oxygen atoms in total. The Morgan fingerprint density at radius 2 is 1.87 bits per heavy atom. The van der Waals surface area contributed by atoms with Gasteiger partial charge < -0.3 is 5.11 Å². The molecule has 1 N–H and O–H groups in total.